The first kappa shape index (κ1) is 34.4. The Morgan fingerprint density at radius 2 is 1.74 bits per heavy atom. The van der Waals surface area contributed by atoms with Crippen LogP contribution in [0.1, 0.15) is 27.2 Å². The van der Waals surface area contributed by atoms with Gasteiger partial charge in [-0.25, -0.2) is 9.97 Å². The van der Waals surface area contributed by atoms with Gasteiger partial charge in [-0.2, -0.15) is 21.6 Å². The lowest BCUT2D eigenvalue weighted by atomic mass is 10.0. The first-order chi connectivity index (χ1) is 21.7. The number of amides is 1. The number of hydrogen-bond acceptors (Lipinski definition) is 10. The largest absolute Gasteiger partial charge is 0.416 e. The van der Waals surface area contributed by atoms with Crippen LogP contribution in [0, 0.1) is 6.92 Å². The molecular formula is C30H33F3N8O4S. The fourth-order valence-corrected chi connectivity index (χ4v) is 4.51. The number of piperazine rings is 1. The molecule has 1 saturated heterocycles. The van der Waals surface area contributed by atoms with E-state index in [-0.39, 0.29) is 17.7 Å². The Hall–Kier alpha value is -4.51. The molecule has 4 aromatic rings. The molecule has 12 nitrogen and oxygen atoms in total. The van der Waals surface area contributed by atoms with Crippen LogP contribution in [0.5, 0.6) is 0 Å². The third-order valence-electron chi connectivity index (χ3n) is 6.87. The van der Waals surface area contributed by atoms with E-state index in [2.05, 4.69) is 35.5 Å². The average Bonchev–Trinajstić information content (AvgIpc) is 2.99. The SMILES string of the molecule is CS(=O)(=O)O.Cc1ncc(NC(=O)c2ccc(CN3CCN(C)CC3)c(C(F)(F)F)c2)cc1Nc1nccc(-c2cccnc2)n1. The first-order valence-corrected chi connectivity index (χ1v) is 15.8. The molecule has 46 heavy (non-hydrogen) atoms. The van der Waals surface area contributed by atoms with E-state index in [1.54, 1.807) is 37.6 Å². The Bertz CT molecular complexity index is 1760. The predicted octanol–water partition coefficient (Wildman–Crippen LogP) is 4.51. The molecule has 5 rings (SSSR count). The molecule has 1 aromatic carbocycles. The minimum absolute atomic E-state index is 0.0953. The molecule has 0 unspecified atom stereocenters. The second-order valence-corrected chi connectivity index (χ2v) is 12.1. The topological polar surface area (TPSA) is 154 Å². The number of carbonyl (C=O) groups excluding carboxylic acids is 1. The van der Waals surface area contributed by atoms with Crippen LogP contribution < -0.4 is 10.6 Å². The van der Waals surface area contributed by atoms with Crippen LogP contribution in [0.25, 0.3) is 11.3 Å². The molecule has 16 heteroatoms. The lowest BCUT2D eigenvalue weighted by molar-refractivity contribution is -0.138. The average molecular weight is 659 g/mol. The highest BCUT2D eigenvalue weighted by molar-refractivity contribution is 7.85. The highest BCUT2D eigenvalue weighted by Crippen LogP contribution is 2.34. The number of nitrogens with zero attached hydrogens (tertiary/aromatic N) is 6. The monoisotopic (exact) mass is 658 g/mol. The number of pyridine rings is 2. The van der Waals surface area contributed by atoms with Crippen molar-refractivity contribution in [2.45, 2.75) is 19.6 Å². The van der Waals surface area contributed by atoms with E-state index < -0.39 is 27.8 Å². The number of benzene rings is 1. The summed E-state index contributed by atoms with van der Waals surface area (Å²) in [4.78, 5) is 34.3. The van der Waals surface area contributed by atoms with Gasteiger partial charge in [-0.15, -0.1) is 0 Å². The number of carbonyl (C=O) groups is 1. The predicted molar refractivity (Wildman–Crippen MR) is 167 cm³/mol. The van der Waals surface area contributed by atoms with Gasteiger partial charge in [-0.05, 0) is 55.9 Å². The summed E-state index contributed by atoms with van der Waals surface area (Å²) in [5, 5.41) is 5.76. The molecule has 3 N–H and O–H groups in total. The highest BCUT2D eigenvalue weighted by atomic mass is 32.2. The highest BCUT2D eigenvalue weighted by Gasteiger charge is 2.34. The van der Waals surface area contributed by atoms with Gasteiger partial charge in [0.05, 0.1) is 40.8 Å². The summed E-state index contributed by atoms with van der Waals surface area (Å²) < 4.78 is 67.8. The van der Waals surface area contributed by atoms with E-state index in [4.69, 9.17) is 4.55 Å². The fourth-order valence-electron chi connectivity index (χ4n) is 4.51. The summed E-state index contributed by atoms with van der Waals surface area (Å²) in [7, 11) is -1.68. The molecule has 244 valence electrons. The van der Waals surface area contributed by atoms with Gasteiger partial charge in [0.2, 0.25) is 5.95 Å². The van der Waals surface area contributed by atoms with Crippen LogP contribution in [0.15, 0.2) is 67.3 Å². The Balaban J connectivity index is 0.000000892. The number of likely N-dealkylation sites (N-methyl/N-ethyl adjacent to an activating group) is 1. The summed E-state index contributed by atoms with van der Waals surface area (Å²) >= 11 is 0. The second kappa shape index (κ2) is 14.7. The molecule has 4 heterocycles. The van der Waals surface area contributed by atoms with Crippen molar-refractivity contribution < 1.29 is 30.9 Å². The van der Waals surface area contributed by atoms with Gasteiger partial charge in [-0.3, -0.25) is 24.2 Å². The van der Waals surface area contributed by atoms with Crippen molar-refractivity contribution in [2.75, 3.05) is 50.1 Å². The normalized spacial score (nSPS) is 14.2. The van der Waals surface area contributed by atoms with E-state index in [9.17, 15) is 26.4 Å². The minimum atomic E-state index is -4.59. The quantitative estimate of drug-likeness (QED) is 0.241. The number of halogens is 3. The summed E-state index contributed by atoms with van der Waals surface area (Å²) in [5.41, 5.74) is 2.19. The number of anilines is 3. The smallest absolute Gasteiger partial charge is 0.322 e. The van der Waals surface area contributed by atoms with Crippen molar-refractivity contribution in [3.8, 4) is 11.3 Å². The van der Waals surface area contributed by atoms with Gasteiger partial charge >= 0.3 is 6.18 Å². The van der Waals surface area contributed by atoms with Crippen molar-refractivity contribution in [3.05, 3.63) is 89.6 Å². The zero-order valence-corrected chi connectivity index (χ0v) is 26.1. The number of hydrogen-bond donors (Lipinski definition) is 3. The van der Waals surface area contributed by atoms with Crippen LogP contribution in [0.4, 0.5) is 30.5 Å². The summed E-state index contributed by atoms with van der Waals surface area (Å²) in [6, 6.07) is 10.8. The van der Waals surface area contributed by atoms with E-state index in [0.29, 0.717) is 48.1 Å². The molecule has 0 aliphatic carbocycles. The number of rotatable bonds is 7. The van der Waals surface area contributed by atoms with Crippen LogP contribution in [0.2, 0.25) is 0 Å². The summed E-state index contributed by atoms with van der Waals surface area (Å²) in [6.07, 6.45) is 2.54. The van der Waals surface area contributed by atoms with Crippen molar-refractivity contribution in [3.63, 3.8) is 0 Å². The molecule has 1 aliphatic heterocycles. The fraction of sp³-hybridized carbons (Fsp3) is 0.300. The zero-order chi connectivity index (χ0) is 33.5. The van der Waals surface area contributed by atoms with Crippen LogP contribution in [-0.2, 0) is 22.8 Å². The summed E-state index contributed by atoms with van der Waals surface area (Å²) in [6.45, 7) is 4.91. The number of nitrogens with one attached hydrogen (secondary N) is 2. The van der Waals surface area contributed by atoms with E-state index >= 15 is 0 Å². The molecule has 0 atom stereocenters. The summed E-state index contributed by atoms with van der Waals surface area (Å²) in [5.74, 6) is -0.362. The Morgan fingerprint density at radius 1 is 1.02 bits per heavy atom. The van der Waals surface area contributed by atoms with Crippen LogP contribution in [-0.4, -0.2) is 88.1 Å². The lowest BCUT2D eigenvalue weighted by Gasteiger charge is -2.33. The van der Waals surface area contributed by atoms with Crippen molar-refractivity contribution in [1.29, 1.82) is 0 Å². The van der Waals surface area contributed by atoms with Gasteiger partial charge in [0.25, 0.3) is 16.0 Å². The number of aryl methyl sites for hydroxylation is 1. The third-order valence-corrected chi connectivity index (χ3v) is 6.87. The van der Waals surface area contributed by atoms with E-state index in [1.165, 1.54) is 18.3 Å². The van der Waals surface area contributed by atoms with Crippen LogP contribution in [0.3, 0.4) is 0 Å². The number of alkyl halides is 3. The molecule has 1 amide bonds. The van der Waals surface area contributed by atoms with Gasteiger partial charge in [0, 0.05) is 62.4 Å². The van der Waals surface area contributed by atoms with E-state index in [0.717, 1.165) is 24.7 Å². The molecule has 3 aromatic heterocycles. The standard InChI is InChI=1S/C29H29F3N8O.CH4O3S/c1-19-26(38-28-34-9-7-25(37-28)21-4-3-8-33-16-21)15-23(17-35-19)36-27(41)20-5-6-22(24(14-20)29(30,31)32)18-40-12-10-39(2)11-13-40;1-5(2,3)4/h3-9,14-17H,10-13,18H2,1-2H3,(H,36,41)(H,34,37,38);1H3,(H,2,3,4). The van der Waals surface area contributed by atoms with Gasteiger partial charge in [0.1, 0.15) is 0 Å². The minimum Gasteiger partial charge on any atom is -0.322 e. The Labute approximate surface area is 264 Å². The molecule has 1 fully saturated rings. The van der Waals surface area contributed by atoms with E-state index in [1.807, 2.05) is 24.1 Å². The van der Waals surface area contributed by atoms with Crippen molar-refractivity contribution >= 4 is 33.3 Å². The Morgan fingerprint density at radius 3 is 2.39 bits per heavy atom. The van der Waals surface area contributed by atoms with Gasteiger partial charge < -0.3 is 15.5 Å². The first-order valence-electron chi connectivity index (χ1n) is 14.0. The molecule has 0 spiro atoms. The van der Waals surface area contributed by atoms with Crippen LogP contribution >= 0.6 is 0 Å². The molecule has 0 saturated carbocycles. The second-order valence-electron chi connectivity index (χ2n) is 10.6. The van der Waals surface area contributed by atoms with Gasteiger partial charge in [0.15, 0.2) is 0 Å². The lowest BCUT2D eigenvalue weighted by Crippen LogP contribution is -2.44. The maximum Gasteiger partial charge on any atom is 0.416 e. The van der Waals surface area contributed by atoms with Crippen molar-refractivity contribution in [1.82, 2.24) is 29.7 Å². The maximum absolute atomic E-state index is 14.0. The maximum atomic E-state index is 14.0. The Kier molecular flexibility index (Phi) is 11.0. The molecule has 1 aliphatic rings. The zero-order valence-electron chi connectivity index (χ0n) is 25.3. The molecule has 0 radical (unpaired) electrons. The number of aromatic nitrogens is 4. The van der Waals surface area contributed by atoms with Crippen molar-refractivity contribution in [2.24, 2.45) is 0 Å². The molecular weight excluding hydrogens is 625 g/mol. The van der Waals surface area contributed by atoms with Gasteiger partial charge in [-0.1, -0.05) is 6.07 Å². The third kappa shape index (κ3) is 10.3. The molecule has 0 bridgehead atoms.